The normalized spacial score (nSPS) is 15.6. The van der Waals surface area contributed by atoms with Gasteiger partial charge in [-0.15, -0.1) is 0 Å². The summed E-state index contributed by atoms with van der Waals surface area (Å²) in [5.41, 5.74) is 5.74. The van der Waals surface area contributed by atoms with Gasteiger partial charge >= 0.3 is 0 Å². The lowest BCUT2D eigenvalue weighted by atomic mass is 9.92. The molecular weight excluding hydrogens is 548 g/mol. The molecule has 0 N–H and O–H groups in total. The van der Waals surface area contributed by atoms with Gasteiger partial charge in [-0.3, -0.25) is 0 Å². The van der Waals surface area contributed by atoms with Crippen molar-refractivity contribution in [3.05, 3.63) is 54.1 Å². The highest BCUT2D eigenvalue weighted by Crippen LogP contribution is 2.55. The predicted octanol–water partition coefficient (Wildman–Crippen LogP) is 10.9. The van der Waals surface area contributed by atoms with Crippen LogP contribution in [0.4, 0.5) is 0 Å². The molecule has 0 spiro atoms. The second kappa shape index (κ2) is 17.2. The molecule has 0 heterocycles. The number of hydrogen-bond acceptors (Lipinski definition) is 5. The van der Waals surface area contributed by atoms with Crippen molar-refractivity contribution in [3.8, 4) is 51.0 Å². The van der Waals surface area contributed by atoms with Gasteiger partial charge in [0, 0.05) is 23.8 Å². The summed E-state index contributed by atoms with van der Waals surface area (Å²) >= 11 is 0. The molecule has 1 aliphatic carbocycles. The third-order valence-corrected chi connectivity index (χ3v) is 7.92. The van der Waals surface area contributed by atoms with E-state index < -0.39 is 0 Å². The van der Waals surface area contributed by atoms with Gasteiger partial charge in [-0.05, 0) is 73.1 Å². The lowest BCUT2D eigenvalue weighted by Crippen LogP contribution is -2.04. The minimum absolute atomic E-state index is 0.539. The third kappa shape index (κ3) is 8.64. The highest BCUT2D eigenvalue weighted by Gasteiger charge is 2.40. The Balaban J connectivity index is 1.80. The van der Waals surface area contributed by atoms with Crippen LogP contribution < -0.4 is 23.7 Å². The molecule has 2 atom stereocenters. The monoisotopic (exact) mass is 602 g/mol. The molecule has 3 aromatic rings. The number of rotatable bonds is 20. The van der Waals surface area contributed by atoms with Crippen molar-refractivity contribution in [2.75, 3.05) is 33.0 Å². The molecule has 1 fully saturated rings. The van der Waals surface area contributed by atoms with Crippen LogP contribution in [0.1, 0.15) is 104 Å². The lowest BCUT2D eigenvalue weighted by Gasteiger charge is -2.20. The zero-order chi connectivity index (χ0) is 31.3. The van der Waals surface area contributed by atoms with Gasteiger partial charge in [0.15, 0.2) is 0 Å². The smallest absolute Gasteiger partial charge is 0.134 e. The number of benzene rings is 3. The molecule has 4 rings (SSSR count). The maximum Gasteiger partial charge on any atom is 0.134 e. The van der Waals surface area contributed by atoms with E-state index in [1.165, 1.54) is 30.4 Å². The van der Waals surface area contributed by atoms with Gasteiger partial charge in [-0.1, -0.05) is 78.6 Å². The van der Waals surface area contributed by atoms with Crippen molar-refractivity contribution < 1.29 is 23.7 Å². The fourth-order valence-electron chi connectivity index (χ4n) is 5.77. The minimum Gasteiger partial charge on any atom is -0.493 e. The Kier molecular flexibility index (Phi) is 13.1. The van der Waals surface area contributed by atoms with Gasteiger partial charge in [0.1, 0.15) is 28.7 Å². The molecule has 0 aliphatic heterocycles. The van der Waals surface area contributed by atoms with Crippen molar-refractivity contribution in [3.63, 3.8) is 0 Å². The van der Waals surface area contributed by atoms with E-state index in [9.17, 15) is 0 Å². The maximum absolute atomic E-state index is 6.43. The van der Waals surface area contributed by atoms with Crippen LogP contribution in [-0.2, 0) is 0 Å². The first kappa shape index (κ1) is 33.6. The van der Waals surface area contributed by atoms with Gasteiger partial charge in [0.25, 0.3) is 0 Å². The van der Waals surface area contributed by atoms with E-state index in [2.05, 4.69) is 77.9 Å². The van der Waals surface area contributed by atoms with Crippen molar-refractivity contribution in [1.29, 1.82) is 0 Å². The van der Waals surface area contributed by atoms with E-state index in [0.29, 0.717) is 39.0 Å². The van der Waals surface area contributed by atoms with E-state index in [-0.39, 0.29) is 0 Å². The van der Waals surface area contributed by atoms with Crippen LogP contribution >= 0.6 is 0 Å². The Morgan fingerprint density at radius 2 is 0.909 bits per heavy atom. The van der Waals surface area contributed by atoms with Gasteiger partial charge in [0.05, 0.1) is 38.6 Å². The second-order valence-electron chi connectivity index (χ2n) is 11.9. The van der Waals surface area contributed by atoms with Gasteiger partial charge < -0.3 is 23.7 Å². The number of ether oxygens (including phenoxy) is 5. The Hall–Kier alpha value is -3.34. The summed E-state index contributed by atoms with van der Waals surface area (Å²) in [6.45, 7) is 16.2. The molecule has 0 amide bonds. The summed E-state index contributed by atoms with van der Waals surface area (Å²) in [7, 11) is 0. The molecule has 3 aromatic carbocycles. The van der Waals surface area contributed by atoms with E-state index in [0.717, 1.165) is 83.5 Å². The Bertz CT molecular complexity index is 1270. The molecule has 0 saturated heterocycles. The lowest BCUT2D eigenvalue weighted by molar-refractivity contribution is 0.288. The fraction of sp³-hybridized carbons (Fsp3) is 0.538. The molecule has 5 heteroatoms. The maximum atomic E-state index is 6.43. The van der Waals surface area contributed by atoms with E-state index in [4.69, 9.17) is 23.7 Å². The average molecular weight is 603 g/mol. The van der Waals surface area contributed by atoms with Crippen LogP contribution in [0.25, 0.3) is 22.3 Å². The SMILES string of the molecule is CCCOc1cc(OCCC)c(-c2ccc(-c3c(OCCC)cc(OCCC)cc3C3CC3CCC)cc2)c(OCCC)c1. The zero-order valence-corrected chi connectivity index (χ0v) is 28.0. The van der Waals surface area contributed by atoms with Crippen molar-refractivity contribution in [2.45, 2.75) is 98.8 Å². The predicted molar refractivity (Wildman–Crippen MR) is 182 cm³/mol. The number of hydrogen-bond donors (Lipinski definition) is 0. The Morgan fingerprint density at radius 1 is 0.500 bits per heavy atom. The Morgan fingerprint density at radius 3 is 1.36 bits per heavy atom. The van der Waals surface area contributed by atoms with Gasteiger partial charge in [0.2, 0.25) is 0 Å². The largest absolute Gasteiger partial charge is 0.493 e. The first-order chi connectivity index (χ1) is 21.6. The highest BCUT2D eigenvalue weighted by molar-refractivity contribution is 5.82. The van der Waals surface area contributed by atoms with Gasteiger partial charge in [-0.25, -0.2) is 0 Å². The Labute approximate surface area is 266 Å². The molecular formula is C39H54O5. The van der Waals surface area contributed by atoms with Gasteiger partial charge in [-0.2, -0.15) is 0 Å². The highest BCUT2D eigenvalue weighted by atomic mass is 16.5. The van der Waals surface area contributed by atoms with Crippen LogP contribution in [0.3, 0.4) is 0 Å². The summed E-state index contributed by atoms with van der Waals surface area (Å²) in [5.74, 6) is 5.47. The van der Waals surface area contributed by atoms with E-state index in [1.807, 2.05) is 12.1 Å². The van der Waals surface area contributed by atoms with Crippen molar-refractivity contribution in [2.24, 2.45) is 5.92 Å². The molecule has 44 heavy (non-hydrogen) atoms. The van der Waals surface area contributed by atoms with Crippen LogP contribution in [0.5, 0.6) is 28.7 Å². The molecule has 1 aliphatic rings. The molecule has 1 saturated carbocycles. The molecule has 0 aromatic heterocycles. The third-order valence-electron chi connectivity index (χ3n) is 7.92. The van der Waals surface area contributed by atoms with Crippen LogP contribution in [0.15, 0.2) is 48.5 Å². The van der Waals surface area contributed by atoms with Crippen LogP contribution in [-0.4, -0.2) is 33.0 Å². The van der Waals surface area contributed by atoms with Crippen LogP contribution in [0.2, 0.25) is 0 Å². The topological polar surface area (TPSA) is 46.2 Å². The molecule has 240 valence electrons. The first-order valence-electron chi connectivity index (χ1n) is 17.2. The second-order valence-corrected chi connectivity index (χ2v) is 11.9. The average Bonchev–Trinajstić information content (AvgIpc) is 3.82. The molecule has 0 bridgehead atoms. The zero-order valence-electron chi connectivity index (χ0n) is 28.0. The summed E-state index contributed by atoms with van der Waals surface area (Å²) in [4.78, 5) is 0. The summed E-state index contributed by atoms with van der Waals surface area (Å²) in [5, 5.41) is 0. The van der Waals surface area contributed by atoms with Crippen molar-refractivity contribution >= 4 is 0 Å². The molecule has 0 radical (unpaired) electrons. The van der Waals surface area contributed by atoms with E-state index >= 15 is 0 Å². The summed E-state index contributed by atoms with van der Waals surface area (Å²) < 4.78 is 31.2. The standard InChI is InChI=1S/C39H54O5/c1-7-13-30-23-33(30)34-24-31(40-18-8-2)25-35(42-20-10-4)38(34)28-14-16-29(17-15-28)39-36(43-21-11-5)26-32(41-19-9-3)27-37(39)44-22-12-6/h14-17,24-27,30,33H,7-13,18-23H2,1-6H3. The summed E-state index contributed by atoms with van der Waals surface area (Å²) in [6.07, 6.45) is 8.41. The van der Waals surface area contributed by atoms with Crippen molar-refractivity contribution in [1.82, 2.24) is 0 Å². The first-order valence-corrected chi connectivity index (χ1v) is 17.2. The van der Waals surface area contributed by atoms with Crippen LogP contribution in [0, 0.1) is 5.92 Å². The quantitative estimate of drug-likeness (QED) is 0.129. The summed E-state index contributed by atoms with van der Waals surface area (Å²) in [6, 6.07) is 17.2. The molecule has 5 nitrogen and oxygen atoms in total. The molecule has 2 unspecified atom stereocenters. The minimum atomic E-state index is 0.539. The van der Waals surface area contributed by atoms with E-state index in [1.54, 1.807) is 0 Å². The fourth-order valence-corrected chi connectivity index (χ4v) is 5.77.